The molecule has 0 amide bonds. The van der Waals surface area contributed by atoms with Crippen LogP contribution in [0.4, 0.5) is 5.69 Å². The van der Waals surface area contributed by atoms with Gasteiger partial charge in [-0.25, -0.2) is 0 Å². The van der Waals surface area contributed by atoms with Crippen LogP contribution in [0, 0.1) is 0 Å². The number of anilines is 1. The van der Waals surface area contributed by atoms with Crippen molar-refractivity contribution in [1.82, 2.24) is 0 Å². The summed E-state index contributed by atoms with van der Waals surface area (Å²) in [5, 5.41) is 0. The van der Waals surface area contributed by atoms with E-state index in [2.05, 4.69) is 19.6 Å². The van der Waals surface area contributed by atoms with Crippen molar-refractivity contribution in [3.8, 4) is 0 Å². The second kappa shape index (κ2) is 6.44. The van der Waals surface area contributed by atoms with Crippen LogP contribution in [0.25, 0.3) is 0 Å². The maximum absolute atomic E-state index is 4.99. The first-order valence-electron chi connectivity index (χ1n) is 3.81. The first-order chi connectivity index (χ1) is 5.75. The first-order valence-corrected chi connectivity index (χ1v) is 4.66. The zero-order chi connectivity index (χ0) is 8.97. The normalized spacial score (nSPS) is 8.77. The molecule has 4 heteroatoms. The third kappa shape index (κ3) is 3.69. The van der Waals surface area contributed by atoms with Gasteiger partial charge in [0, 0.05) is 12.2 Å². The molecule has 1 nitrogen and oxygen atoms in total. The molecule has 0 saturated heterocycles. The minimum atomic E-state index is 0. The van der Waals surface area contributed by atoms with Crippen LogP contribution in [0.3, 0.4) is 0 Å². The van der Waals surface area contributed by atoms with Gasteiger partial charge in [0.15, 0.2) is 0 Å². The van der Waals surface area contributed by atoms with Gasteiger partial charge in [-0.05, 0) is 19.1 Å². The van der Waals surface area contributed by atoms with Crippen molar-refractivity contribution in [1.29, 1.82) is 0 Å². The molecule has 69 valence electrons. The third-order valence-electron chi connectivity index (χ3n) is 1.61. The van der Waals surface area contributed by atoms with Gasteiger partial charge in [-0.15, -0.1) is 12.6 Å². The standard InChI is InChI=1S/C9H11NS2.Fe/c1-2-10(9(11)12)8-6-4-3-5-7-8;/h3-7H,2H2,1H3,(H,11,12);/q;+3. The molecule has 0 aliphatic heterocycles. The number of rotatable bonds is 2. The van der Waals surface area contributed by atoms with Gasteiger partial charge >= 0.3 is 17.1 Å². The molecule has 1 aromatic rings. The fourth-order valence-electron chi connectivity index (χ4n) is 1.04. The number of para-hydroxylation sites is 1. The molecule has 0 saturated carbocycles. The van der Waals surface area contributed by atoms with E-state index in [1.807, 2.05) is 35.2 Å². The number of hydrogen-bond acceptors (Lipinski definition) is 1. The maximum atomic E-state index is 4.99. The van der Waals surface area contributed by atoms with E-state index in [9.17, 15) is 0 Å². The number of nitrogens with zero attached hydrogens (tertiary/aromatic N) is 1. The Hall–Kier alpha value is -0.0205. The number of benzene rings is 1. The van der Waals surface area contributed by atoms with Crippen molar-refractivity contribution < 1.29 is 17.1 Å². The zero-order valence-electron chi connectivity index (χ0n) is 7.25. The molecule has 0 unspecified atom stereocenters. The Morgan fingerprint density at radius 3 is 2.31 bits per heavy atom. The van der Waals surface area contributed by atoms with E-state index in [0.29, 0.717) is 4.32 Å². The molecule has 0 atom stereocenters. The summed E-state index contributed by atoms with van der Waals surface area (Å²) in [5.74, 6) is 0. The second-order valence-corrected chi connectivity index (χ2v) is 3.48. The van der Waals surface area contributed by atoms with Crippen LogP contribution in [0.2, 0.25) is 0 Å². The van der Waals surface area contributed by atoms with Crippen molar-refractivity contribution in [2.24, 2.45) is 0 Å². The molecule has 0 heterocycles. The van der Waals surface area contributed by atoms with Crippen molar-refractivity contribution in [3.63, 3.8) is 0 Å². The Morgan fingerprint density at radius 2 is 1.92 bits per heavy atom. The molecule has 0 bridgehead atoms. The van der Waals surface area contributed by atoms with Crippen LogP contribution >= 0.6 is 24.8 Å². The van der Waals surface area contributed by atoms with E-state index in [1.54, 1.807) is 0 Å². The van der Waals surface area contributed by atoms with Gasteiger partial charge in [-0.1, -0.05) is 30.4 Å². The summed E-state index contributed by atoms with van der Waals surface area (Å²) in [6.07, 6.45) is 0. The van der Waals surface area contributed by atoms with E-state index in [0.717, 1.165) is 12.2 Å². The van der Waals surface area contributed by atoms with Gasteiger partial charge in [0.2, 0.25) is 0 Å². The van der Waals surface area contributed by atoms with Crippen LogP contribution in [0.5, 0.6) is 0 Å². The summed E-state index contributed by atoms with van der Waals surface area (Å²) in [6, 6.07) is 10.0. The summed E-state index contributed by atoms with van der Waals surface area (Å²) >= 11 is 9.13. The second-order valence-electron chi connectivity index (χ2n) is 2.36. The molecule has 0 spiro atoms. The smallest absolute Gasteiger partial charge is 0.328 e. The minimum Gasteiger partial charge on any atom is -0.328 e. The minimum absolute atomic E-state index is 0. The largest absolute Gasteiger partial charge is 3.00 e. The Morgan fingerprint density at radius 1 is 1.38 bits per heavy atom. The van der Waals surface area contributed by atoms with E-state index in [4.69, 9.17) is 12.2 Å². The molecule has 0 aliphatic carbocycles. The number of thiocarbonyl (C=S) groups is 1. The summed E-state index contributed by atoms with van der Waals surface area (Å²) in [4.78, 5) is 1.97. The molecule has 0 N–H and O–H groups in total. The number of hydrogen-bond donors (Lipinski definition) is 1. The Balaban J connectivity index is 0.00000144. The average molecular weight is 253 g/mol. The number of thiol groups is 1. The van der Waals surface area contributed by atoms with E-state index in [1.165, 1.54) is 0 Å². The molecule has 13 heavy (non-hydrogen) atoms. The molecule has 0 aliphatic rings. The summed E-state index contributed by atoms with van der Waals surface area (Å²) in [7, 11) is 0. The summed E-state index contributed by atoms with van der Waals surface area (Å²) in [5.41, 5.74) is 1.10. The Bertz CT molecular complexity index is 264. The van der Waals surface area contributed by atoms with Crippen LogP contribution < -0.4 is 4.90 Å². The molecular weight excluding hydrogens is 242 g/mol. The fourth-order valence-corrected chi connectivity index (χ4v) is 1.53. The van der Waals surface area contributed by atoms with E-state index < -0.39 is 0 Å². The van der Waals surface area contributed by atoms with Crippen LogP contribution in [-0.4, -0.2) is 10.9 Å². The molecule has 0 fully saturated rings. The van der Waals surface area contributed by atoms with E-state index in [-0.39, 0.29) is 17.1 Å². The molecule has 1 rings (SSSR count). The average Bonchev–Trinajstić information content (AvgIpc) is 2.07. The summed E-state index contributed by atoms with van der Waals surface area (Å²) in [6.45, 7) is 2.90. The fraction of sp³-hybridized carbons (Fsp3) is 0.222. The molecule has 0 aromatic heterocycles. The van der Waals surface area contributed by atoms with Gasteiger partial charge in [0.05, 0.1) is 0 Å². The van der Waals surface area contributed by atoms with Crippen molar-refractivity contribution >= 4 is 34.9 Å². The SMILES string of the molecule is CCN(C(=S)S)c1ccccc1.[Fe+3]. The van der Waals surface area contributed by atoms with E-state index >= 15 is 0 Å². The third-order valence-corrected chi connectivity index (χ3v) is 2.08. The van der Waals surface area contributed by atoms with Gasteiger partial charge in [0.25, 0.3) is 0 Å². The predicted molar refractivity (Wildman–Crippen MR) is 61.0 cm³/mol. The van der Waals surface area contributed by atoms with Gasteiger partial charge in [0.1, 0.15) is 4.32 Å². The zero-order valence-corrected chi connectivity index (χ0v) is 10.1. The van der Waals surface area contributed by atoms with Crippen molar-refractivity contribution in [2.75, 3.05) is 11.4 Å². The predicted octanol–water partition coefficient (Wildman–Crippen LogP) is 2.73. The molecular formula is C9H11FeNS2+3. The Kier molecular flexibility index (Phi) is 6.43. The monoisotopic (exact) mass is 253 g/mol. The quantitative estimate of drug-likeness (QED) is 0.490. The van der Waals surface area contributed by atoms with Gasteiger partial charge < -0.3 is 4.90 Å². The Labute approximate surface area is 100 Å². The van der Waals surface area contributed by atoms with Crippen molar-refractivity contribution in [2.45, 2.75) is 6.92 Å². The van der Waals surface area contributed by atoms with Gasteiger partial charge in [-0.2, -0.15) is 0 Å². The van der Waals surface area contributed by atoms with Gasteiger partial charge in [-0.3, -0.25) is 0 Å². The first kappa shape index (κ1) is 13.0. The van der Waals surface area contributed by atoms with Crippen LogP contribution in [0.15, 0.2) is 30.3 Å². The molecule has 1 radical (unpaired) electrons. The topological polar surface area (TPSA) is 3.24 Å². The van der Waals surface area contributed by atoms with Crippen LogP contribution in [0.1, 0.15) is 6.92 Å². The van der Waals surface area contributed by atoms with Crippen LogP contribution in [-0.2, 0) is 17.1 Å². The summed E-state index contributed by atoms with van der Waals surface area (Å²) < 4.78 is 0.615. The van der Waals surface area contributed by atoms with Crippen molar-refractivity contribution in [3.05, 3.63) is 30.3 Å². The molecule has 1 aromatic carbocycles. The maximum Gasteiger partial charge on any atom is 3.00 e.